The second-order valence-corrected chi connectivity index (χ2v) is 3.95. The molecule has 2 N–H and O–H groups in total. The molecule has 90 valence electrons. The van der Waals surface area contributed by atoms with Crippen LogP contribution in [0.25, 0.3) is 0 Å². The predicted molar refractivity (Wildman–Crippen MR) is 59.1 cm³/mol. The number of aryl methyl sites for hydroxylation is 2. The van der Waals surface area contributed by atoms with Crippen LogP contribution in [-0.2, 0) is 9.59 Å². The van der Waals surface area contributed by atoms with Crippen LogP contribution in [0.4, 0.5) is 5.95 Å². The summed E-state index contributed by atoms with van der Waals surface area (Å²) in [5.74, 6) is -0.280. The highest BCUT2D eigenvalue weighted by Gasteiger charge is 2.27. The van der Waals surface area contributed by atoms with Gasteiger partial charge in [-0.25, -0.2) is 4.98 Å². The molecule has 0 aromatic carbocycles. The van der Waals surface area contributed by atoms with E-state index in [1.165, 1.54) is 0 Å². The Hall–Kier alpha value is -2.05. The molecule has 7 heteroatoms. The second kappa shape index (κ2) is 4.44. The lowest BCUT2D eigenvalue weighted by molar-refractivity contribution is -0.133. The van der Waals surface area contributed by atoms with Gasteiger partial charge in [-0.05, 0) is 20.3 Å². The molecular formula is C10H13N5O2. The number of nitrogens with zero attached hydrogens (tertiary/aromatic N) is 3. The molecule has 0 saturated carbocycles. The maximum atomic E-state index is 11.5. The number of amides is 2. The van der Waals surface area contributed by atoms with Crippen molar-refractivity contribution in [1.82, 2.24) is 20.5 Å². The van der Waals surface area contributed by atoms with Crippen molar-refractivity contribution < 1.29 is 9.59 Å². The molecule has 17 heavy (non-hydrogen) atoms. The van der Waals surface area contributed by atoms with Crippen LogP contribution in [0.2, 0.25) is 0 Å². The Morgan fingerprint density at radius 2 is 2.00 bits per heavy atom. The minimum Gasteiger partial charge on any atom is -0.341 e. The summed E-state index contributed by atoms with van der Waals surface area (Å²) in [5.41, 5.74) is 1.51. The number of nitrogens with one attached hydrogen (secondary N) is 2. The summed E-state index contributed by atoms with van der Waals surface area (Å²) >= 11 is 0. The first-order valence-corrected chi connectivity index (χ1v) is 5.34. The monoisotopic (exact) mass is 235 g/mol. The van der Waals surface area contributed by atoms with Gasteiger partial charge in [-0.2, -0.15) is 5.10 Å². The number of carbonyl (C=O) groups is 2. The van der Waals surface area contributed by atoms with E-state index in [0.717, 1.165) is 11.4 Å². The molecule has 0 radical (unpaired) electrons. The normalized spacial score (nSPS) is 20.0. The highest BCUT2D eigenvalue weighted by atomic mass is 16.2. The van der Waals surface area contributed by atoms with E-state index in [0.29, 0.717) is 18.8 Å². The molecule has 2 heterocycles. The molecule has 1 saturated heterocycles. The smallest absolute Gasteiger partial charge is 0.249 e. The summed E-state index contributed by atoms with van der Waals surface area (Å²) in [7, 11) is 0. The van der Waals surface area contributed by atoms with Crippen molar-refractivity contribution in [3.05, 3.63) is 11.4 Å². The zero-order valence-electron chi connectivity index (χ0n) is 9.65. The van der Waals surface area contributed by atoms with Crippen molar-refractivity contribution in [1.29, 1.82) is 0 Å². The number of imide groups is 1. The molecule has 7 nitrogen and oxygen atoms in total. The predicted octanol–water partition coefficient (Wildman–Crippen LogP) is -0.294. The fourth-order valence-corrected chi connectivity index (χ4v) is 1.51. The molecule has 1 atom stereocenters. The van der Waals surface area contributed by atoms with Crippen molar-refractivity contribution >= 4 is 17.8 Å². The zero-order valence-corrected chi connectivity index (χ0v) is 9.65. The van der Waals surface area contributed by atoms with Gasteiger partial charge in [0.25, 0.3) is 0 Å². The van der Waals surface area contributed by atoms with Crippen molar-refractivity contribution in [2.75, 3.05) is 5.32 Å². The number of rotatable bonds is 2. The Labute approximate surface area is 98.0 Å². The number of carbonyl (C=O) groups excluding carboxylic acids is 2. The van der Waals surface area contributed by atoms with E-state index in [1.54, 1.807) is 0 Å². The molecular weight excluding hydrogens is 222 g/mol. The largest absolute Gasteiger partial charge is 0.341 e. The molecule has 2 rings (SSSR count). The van der Waals surface area contributed by atoms with Crippen LogP contribution < -0.4 is 10.6 Å². The van der Waals surface area contributed by atoms with Crippen LogP contribution in [0.5, 0.6) is 0 Å². The maximum Gasteiger partial charge on any atom is 0.249 e. The fraction of sp³-hybridized carbons (Fsp3) is 0.500. The van der Waals surface area contributed by atoms with Gasteiger partial charge in [-0.1, -0.05) is 0 Å². The first kappa shape index (κ1) is 11.4. The summed E-state index contributed by atoms with van der Waals surface area (Å²) in [4.78, 5) is 26.6. The van der Waals surface area contributed by atoms with Gasteiger partial charge in [0.05, 0.1) is 11.4 Å². The Morgan fingerprint density at radius 3 is 2.65 bits per heavy atom. The topological polar surface area (TPSA) is 96.9 Å². The van der Waals surface area contributed by atoms with Crippen LogP contribution in [0, 0.1) is 13.8 Å². The number of aromatic nitrogens is 3. The van der Waals surface area contributed by atoms with Gasteiger partial charge in [0.2, 0.25) is 17.8 Å². The third-order valence-corrected chi connectivity index (χ3v) is 2.63. The quantitative estimate of drug-likeness (QED) is 0.683. The van der Waals surface area contributed by atoms with Crippen molar-refractivity contribution in [3.8, 4) is 0 Å². The molecule has 0 bridgehead atoms. The summed E-state index contributed by atoms with van der Waals surface area (Å²) in [6, 6.07) is -0.475. The van der Waals surface area contributed by atoms with Crippen LogP contribution in [0.15, 0.2) is 0 Å². The SMILES string of the molecule is Cc1nnc(NC2CCC(=O)NC2=O)nc1C. The first-order valence-electron chi connectivity index (χ1n) is 5.34. The number of piperidine rings is 1. The lowest BCUT2D eigenvalue weighted by Crippen LogP contribution is -2.47. The van der Waals surface area contributed by atoms with E-state index >= 15 is 0 Å². The van der Waals surface area contributed by atoms with Crippen LogP contribution in [0.1, 0.15) is 24.2 Å². The molecule has 1 unspecified atom stereocenters. The number of anilines is 1. The minimum atomic E-state index is -0.475. The molecule has 2 amide bonds. The van der Waals surface area contributed by atoms with Gasteiger partial charge in [-0.3, -0.25) is 14.9 Å². The van der Waals surface area contributed by atoms with E-state index in [-0.39, 0.29) is 11.8 Å². The summed E-state index contributed by atoms with van der Waals surface area (Å²) in [6.07, 6.45) is 0.766. The van der Waals surface area contributed by atoms with E-state index in [9.17, 15) is 9.59 Å². The van der Waals surface area contributed by atoms with Gasteiger partial charge in [0, 0.05) is 6.42 Å². The summed E-state index contributed by atoms with van der Waals surface area (Å²) < 4.78 is 0. The molecule has 0 spiro atoms. The standard InChI is InChI=1S/C10H13N5O2/c1-5-6(2)14-15-10(11-5)12-7-3-4-8(16)13-9(7)17/h7H,3-4H2,1-2H3,(H,11,12,15)(H,13,16,17). The number of hydrogen-bond donors (Lipinski definition) is 2. The molecule has 1 aliphatic rings. The van der Waals surface area contributed by atoms with E-state index < -0.39 is 6.04 Å². The molecule has 1 aromatic heterocycles. The Morgan fingerprint density at radius 1 is 1.24 bits per heavy atom. The van der Waals surface area contributed by atoms with E-state index in [2.05, 4.69) is 25.8 Å². The summed E-state index contributed by atoms with van der Waals surface area (Å²) in [5, 5.41) is 12.9. The van der Waals surface area contributed by atoms with E-state index in [4.69, 9.17) is 0 Å². The Bertz CT molecular complexity index is 474. The molecule has 0 aliphatic carbocycles. The number of hydrogen-bond acceptors (Lipinski definition) is 6. The first-order chi connectivity index (χ1) is 8.06. The molecule has 1 fully saturated rings. The van der Waals surface area contributed by atoms with Crippen LogP contribution >= 0.6 is 0 Å². The maximum absolute atomic E-state index is 11.5. The average Bonchev–Trinajstić information content (AvgIpc) is 2.27. The van der Waals surface area contributed by atoms with E-state index in [1.807, 2.05) is 13.8 Å². The lowest BCUT2D eigenvalue weighted by Gasteiger charge is -2.21. The Balaban J connectivity index is 2.08. The second-order valence-electron chi connectivity index (χ2n) is 3.95. The van der Waals surface area contributed by atoms with Crippen molar-refractivity contribution in [2.24, 2.45) is 0 Å². The van der Waals surface area contributed by atoms with Crippen LogP contribution in [-0.4, -0.2) is 33.0 Å². The third-order valence-electron chi connectivity index (χ3n) is 2.63. The zero-order chi connectivity index (χ0) is 12.4. The van der Waals surface area contributed by atoms with Gasteiger partial charge < -0.3 is 5.32 Å². The van der Waals surface area contributed by atoms with Gasteiger partial charge >= 0.3 is 0 Å². The third kappa shape index (κ3) is 2.55. The van der Waals surface area contributed by atoms with Crippen LogP contribution in [0.3, 0.4) is 0 Å². The minimum absolute atomic E-state index is 0.243. The van der Waals surface area contributed by atoms with Crippen molar-refractivity contribution in [3.63, 3.8) is 0 Å². The lowest BCUT2D eigenvalue weighted by atomic mass is 10.1. The Kier molecular flexibility index (Phi) is 2.99. The van der Waals surface area contributed by atoms with Gasteiger partial charge in [0.15, 0.2) is 0 Å². The molecule has 1 aromatic rings. The van der Waals surface area contributed by atoms with Gasteiger partial charge in [0.1, 0.15) is 6.04 Å². The van der Waals surface area contributed by atoms with Crippen molar-refractivity contribution in [2.45, 2.75) is 32.7 Å². The molecule has 1 aliphatic heterocycles. The highest BCUT2D eigenvalue weighted by Crippen LogP contribution is 2.10. The fourth-order valence-electron chi connectivity index (χ4n) is 1.51. The van der Waals surface area contributed by atoms with Gasteiger partial charge in [-0.15, -0.1) is 5.10 Å². The summed E-state index contributed by atoms with van der Waals surface area (Å²) in [6.45, 7) is 3.63. The average molecular weight is 235 g/mol. The highest BCUT2D eigenvalue weighted by molar-refractivity contribution is 6.01.